The Morgan fingerprint density at radius 2 is 1.72 bits per heavy atom. The van der Waals surface area contributed by atoms with Gasteiger partial charge in [-0.15, -0.1) is 0 Å². The van der Waals surface area contributed by atoms with Crippen molar-refractivity contribution in [2.45, 2.75) is 27.7 Å². The molecule has 1 aromatic carbocycles. The van der Waals surface area contributed by atoms with Crippen LogP contribution >= 0.6 is 11.6 Å². The van der Waals surface area contributed by atoms with Gasteiger partial charge >= 0.3 is 0 Å². The first-order valence-electron chi connectivity index (χ1n) is 5.72. The fourth-order valence-corrected chi connectivity index (χ4v) is 1.85. The van der Waals surface area contributed by atoms with E-state index >= 15 is 0 Å². The largest absolute Gasteiger partial charge is 0.438 e. The topological polar surface area (TPSA) is 35.0 Å². The Morgan fingerprint density at radius 1 is 1.00 bits per heavy atom. The maximum absolute atomic E-state index is 5.95. The maximum atomic E-state index is 5.95. The van der Waals surface area contributed by atoms with Crippen molar-refractivity contribution in [1.29, 1.82) is 0 Å². The van der Waals surface area contributed by atoms with Gasteiger partial charge in [-0.25, -0.2) is 9.97 Å². The van der Waals surface area contributed by atoms with Gasteiger partial charge in [0, 0.05) is 5.56 Å². The third-order valence-corrected chi connectivity index (χ3v) is 3.33. The third-order valence-electron chi connectivity index (χ3n) is 2.95. The average molecular weight is 263 g/mol. The van der Waals surface area contributed by atoms with Gasteiger partial charge in [0.15, 0.2) is 0 Å². The quantitative estimate of drug-likeness (QED) is 0.763. The maximum Gasteiger partial charge on any atom is 0.226 e. The first-order chi connectivity index (χ1) is 8.49. The molecule has 1 heterocycles. The minimum atomic E-state index is 0.419. The van der Waals surface area contributed by atoms with Gasteiger partial charge in [0.1, 0.15) is 17.2 Å². The molecule has 0 unspecified atom stereocenters. The van der Waals surface area contributed by atoms with Gasteiger partial charge in [-0.2, -0.15) is 0 Å². The first-order valence-corrected chi connectivity index (χ1v) is 6.09. The summed E-state index contributed by atoms with van der Waals surface area (Å²) in [5.41, 5.74) is 4.21. The van der Waals surface area contributed by atoms with Gasteiger partial charge in [-0.3, -0.25) is 0 Å². The van der Waals surface area contributed by atoms with E-state index in [1.165, 1.54) is 11.9 Å². The van der Waals surface area contributed by atoms with Crippen LogP contribution in [0.2, 0.25) is 5.15 Å². The highest BCUT2D eigenvalue weighted by atomic mass is 35.5. The second kappa shape index (κ2) is 4.94. The number of rotatable bonds is 2. The zero-order valence-corrected chi connectivity index (χ0v) is 11.7. The highest BCUT2D eigenvalue weighted by Gasteiger charge is 2.10. The van der Waals surface area contributed by atoms with Crippen molar-refractivity contribution in [1.82, 2.24) is 9.97 Å². The van der Waals surface area contributed by atoms with Crippen LogP contribution in [0.1, 0.15) is 22.3 Å². The average Bonchev–Trinajstić information content (AvgIpc) is 2.31. The van der Waals surface area contributed by atoms with Crippen LogP contribution in [0.15, 0.2) is 18.5 Å². The molecule has 18 heavy (non-hydrogen) atoms. The van der Waals surface area contributed by atoms with Gasteiger partial charge in [-0.1, -0.05) is 17.7 Å². The standard InChI is InChI=1S/C14H15ClN2O/c1-8-5-9(2)10(3)12(6-8)18-14-11(4)13(15)16-7-17-14/h5-7H,1-4H3. The van der Waals surface area contributed by atoms with Gasteiger partial charge < -0.3 is 4.74 Å². The lowest BCUT2D eigenvalue weighted by Crippen LogP contribution is -1.96. The van der Waals surface area contributed by atoms with E-state index < -0.39 is 0 Å². The van der Waals surface area contributed by atoms with E-state index in [-0.39, 0.29) is 0 Å². The van der Waals surface area contributed by atoms with Gasteiger partial charge in [0.05, 0.1) is 0 Å². The highest BCUT2D eigenvalue weighted by molar-refractivity contribution is 6.30. The van der Waals surface area contributed by atoms with E-state index in [9.17, 15) is 0 Å². The van der Waals surface area contributed by atoms with Gasteiger partial charge in [0.2, 0.25) is 5.88 Å². The Balaban J connectivity index is 2.43. The number of hydrogen-bond acceptors (Lipinski definition) is 3. The van der Waals surface area contributed by atoms with Crippen LogP contribution in [-0.2, 0) is 0 Å². The molecule has 0 saturated carbocycles. The molecule has 4 heteroatoms. The molecule has 0 aliphatic rings. The number of nitrogens with zero attached hydrogens (tertiary/aromatic N) is 2. The Kier molecular flexibility index (Phi) is 3.53. The highest BCUT2D eigenvalue weighted by Crippen LogP contribution is 2.30. The summed E-state index contributed by atoms with van der Waals surface area (Å²) in [6.45, 7) is 7.98. The summed E-state index contributed by atoms with van der Waals surface area (Å²) in [5.74, 6) is 1.31. The van der Waals surface area contributed by atoms with Crippen LogP contribution in [-0.4, -0.2) is 9.97 Å². The zero-order chi connectivity index (χ0) is 13.3. The predicted octanol–water partition coefficient (Wildman–Crippen LogP) is 4.16. The van der Waals surface area contributed by atoms with Gasteiger partial charge in [0.25, 0.3) is 0 Å². The van der Waals surface area contributed by atoms with Crippen molar-refractivity contribution in [2.75, 3.05) is 0 Å². The van der Waals surface area contributed by atoms with Crippen LogP contribution in [0.4, 0.5) is 0 Å². The SMILES string of the molecule is Cc1cc(C)c(C)c(Oc2ncnc(Cl)c2C)c1. The monoisotopic (exact) mass is 262 g/mol. The Bertz CT molecular complexity index is 597. The molecule has 0 aliphatic carbocycles. The molecule has 0 amide bonds. The second-order valence-electron chi connectivity index (χ2n) is 4.40. The molecule has 2 aromatic rings. The lowest BCUT2D eigenvalue weighted by atomic mass is 10.1. The number of aryl methyl sites for hydroxylation is 2. The number of hydrogen-bond donors (Lipinski definition) is 0. The van der Waals surface area contributed by atoms with Crippen LogP contribution in [0.25, 0.3) is 0 Å². The van der Waals surface area contributed by atoms with Crippen LogP contribution in [0, 0.1) is 27.7 Å². The van der Waals surface area contributed by atoms with Crippen LogP contribution in [0.5, 0.6) is 11.6 Å². The molecule has 2 rings (SSSR count). The summed E-state index contributed by atoms with van der Waals surface area (Å²) in [5, 5.41) is 0.419. The van der Waals surface area contributed by atoms with E-state index in [1.54, 1.807) is 0 Å². The molecule has 0 aliphatic heterocycles. The Morgan fingerprint density at radius 3 is 2.44 bits per heavy atom. The first kappa shape index (κ1) is 12.8. The van der Waals surface area contributed by atoms with Gasteiger partial charge in [-0.05, 0) is 50.5 Å². The molecule has 3 nitrogen and oxygen atoms in total. The molecule has 94 valence electrons. The molecule has 0 atom stereocenters. The minimum Gasteiger partial charge on any atom is -0.438 e. The Hall–Kier alpha value is -1.61. The van der Waals surface area contributed by atoms with Crippen molar-refractivity contribution in [3.05, 3.63) is 45.9 Å². The molecule has 0 saturated heterocycles. The lowest BCUT2D eigenvalue weighted by molar-refractivity contribution is 0.453. The lowest BCUT2D eigenvalue weighted by Gasteiger charge is -2.12. The van der Waals surface area contributed by atoms with E-state index in [1.807, 2.05) is 26.8 Å². The minimum absolute atomic E-state index is 0.419. The molecule has 0 spiro atoms. The van der Waals surface area contributed by atoms with Crippen molar-refractivity contribution >= 4 is 11.6 Å². The summed E-state index contributed by atoms with van der Waals surface area (Å²) in [7, 11) is 0. The molecule has 0 fully saturated rings. The second-order valence-corrected chi connectivity index (χ2v) is 4.76. The van der Waals surface area contributed by atoms with E-state index in [0.29, 0.717) is 11.0 Å². The third kappa shape index (κ3) is 2.46. The molecule has 1 aromatic heterocycles. The predicted molar refractivity (Wildman–Crippen MR) is 72.5 cm³/mol. The number of benzene rings is 1. The number of ether oxygens (including phenoxy) is 1. The van der Waals surface area contributed by atoms with E-state index in [2.05, 4.69) is 23.0 Å². The van der Waals surface area contributed by atoms with Crippen molar-refractivity contribution in [3.63, 3.8) is 0 Å². The smallest absolute Gasteiger partial charge is 0.226 e. The fraction of sp³-hybridized carbons (Fsp3) is 0.286. The summed E-state index contributed by atoms with van der Waals surface area (Å²) in [6, 6.07) is 4.12. The molecule has 0 radical (unpaired) electrons. The summed E-state index contributed by atoms with van der Waals surface area (Å²) in [4.78, 5) is 8.03. The van der Waals surface area contributed by atoms with Crippen LogP contribution in [0.3, 0.4) is 0 Å². The molecular weight excluding hydrogens is 248 g/mol. The fourth-order valence-electron chi connectivity index (χ4n) is 1.73. The molecule has 0 bridgehead atoms. The van der Waals surface area contributed by atoms with E-state index in [0.717, 1.165) is 22.4 Å². The Labute approximate surface area is 112 Å². The zero-order valence-electron chi connectivity index (χ0n) is 10.9. The number of halogens is 1. The van der Waals surface area contributed by atoms with E-state index in [4.69, 9.17) is 16.3 Å². The van der Waals surface area contributed by atoms with Crippen molar-refractivity contribution in [2.24, 2.45) is 0 Å². The summed E-state index contributed by atoms with van der Waals surface area (Å²) in [6.07, 6.45) is 1.41. The normalized spacial score (nSPS) is 10.5. The summed E-state index contributed by atoms with van der Waals surface area (Å²) >= 11 is 5.95. The molecular formula is C14H15ClN2O. The van der Waals surface area contributed by atoms with Crippen molar-refractivity contribution in [3.8, 4) is 11.6 Å². The molecule has 0 N–H and O–H groups in total. The number of aromatic nitrogens is 2. The summed E-state index contributed by atoms with van der Waals surface area (Å²) < 4.78 is 5.85. The van der Waals surface area contributed by atoms with Crippen molar-refractivity contribution < 1.29 is 4.74 Å². The van der Waals surface area contributed by atoms with Crippen LogP contribution < -0.4 is 4.74 Å².